The van der Waals surface area contributed by atoms with E-state index in [0.29, 0.717) is 12.2 Å². The average molecular weight is 266 g/mol. The molecule has 18 heavy (non-hydrogen) atoms. The molecule has 0 aliphatic heterocycles. The van der Waals surface area contributed by atoms with Gasteiger partial charge in [-0.15, -0.1) is 11.8 Å². The maximum Gasteiger partial charge on any atom is 0.266 e. The maximum absolute atomic E-state index is 11.9. The normalized spacial score (nSPS) is 10.3. The number of hydrogen-bond acceptors (Lipinski definition) is 2. The molecule has 0 saturated heterocycles. The summed E-state index contributed by atoms with van der Waals surface area (Å²) in [7, 11) is 0. The van der Waals surface area contributed by atoms with Crippen LogP contribution in [0, 0.1) is 0 Å². The highest BCUT2D eigenvalue weighted by Crippen LogP contribution is 2.29. The molecule has 1 N–H and O–H groups in total. The molecule has 0 aliphatic rings. The third-order valence-electron chi connectivity index (χ3n) is 2.31. The lowest BCUT2D eigenvalue weighted by Crippen LogP contribution is -1.85. The Morgan fingerprint density at radius 1 is 1.33 bits per heavy atom. The number of halogens is 2. The number of allylic oxidation sites excluding steroid dienone is 1. The van der Waals surface area contributed by atoms with E-state index in [1.54, 1.807) is 24.2 Å². The summed E-state index contributed by atoms with van der Waals surface area (Å²) >= 11 is 1.55. The molecule has 0 radical (unpaired) electrons. The van der Waals surface area contributed by atoms with Crippen LogP contribution in [0.4, 0.5) is 8.78 Å². The van der Waals surface area contributed by atoms with E-state index in [4.69, 9.17) is 0 Å². The van der Waals surface area contributed by atoms with Gasteiger partial charge >= 0.3 is 0 Å². The Hall–Kier alpha value is -1.62. The summed E-state index contributed by atoms with van der Waals surface area (Å²) < 4.78 is 23.8. The van der Waals surface area contributed by atoms with E-state index in [1.165, 1.54) is 0 Å². The van der Waals surface area contributed by atoms with Crippen LogP contribution in [0.15, 0.2) is 53.7 Å². The molecule has 1 aromatic heterocycles. The highest BCUT2D eigenvalue weighted by Gasteiger charge is 2.06. The van der Waals surface area contributed by atoms with E-state index >= 15 is 0 Å². The molecule has 0 atom stereocenters. The van der Waals surface area contributed by atoms with Crippen molar-refractivity contribution in [3.63, 3.8) is 0 Å². The van der Waals surface area contributed by atoms with E-state index in [-0.39, 0.29) is 0 Å². The Kier molecular flexibility index (Phi) is 4.52. The number of H-pyrrole nitrogens is 1. The standard InChI is InChI=1S/C13H12F2N2S/c14-12(15)6-3-9-18-11-5-2-1-4-10(11)13-16-7-8-17-13/h1-2,4-8H,3,9H2,(H,16,17). The number of rotatable bonds is 5. The number of thioether (sulfide) groups is 1. The van der Waals surface area contributed by atoms with E-state index in [2.05, 4.69) is 9.97 Å². The van der Waals surface area contributed by atoms with Gasteiger partial charge in [-0.2, -0.15) is 8.78 Å². The zero-order chi connectivity index (χ0) is 12.8. The number of hydrogen-bond donors (Lipinski definition) is 1. The van der Waals surface area contributed by atoms with Gasteiger partial charge in [0.05, 0.1) is 0 Å². The van der Waals surface area contributed by atoms with Crippen molar-refractivity contribution < 1.29 is 8.78 Å². The van der Waals surface area contributed by atoms with Crippen LogP contribution in [-0.4, -0.2) is 15.7 Å². The molecule has 0 saturated carbocycles. The third-order valence-corrected chi connectivity index (χ3v) is 3.42. The van der Waals surface area contributed by atoms with Crippen molar-refractivity contribution >= 4 is 11.8 Å². The third kappa shape index (κ3) is 3.43. The zero-order valence-electron chi connectivity index (χ0n) is 9.57. The SMILES string of the molecule is FC(F)=CCCSc1ccccc1-c1ncc[nH]1. The Labute approximate surface area is 108 Å². The van der Waals surface area contributed by atoms with Crippen molar-refractivity contribution in [2.45, 2.75) is 11.3 Å². The molecule has 2 nitrogen and oxygen atoms in total. The molecule has 0 bridgehead atoms. The predicted molar refractivity (Wildman–Crippen MR) is 69.7 cm³/mol. The first-order valence-corrected chi connectivity index (χ1v) is 6.48. The molecular weight excluding hydrogens is 254 g/mol. The number of aromatic nitrogens is 2. The van der Waals surface area contributed by atoms with E-state index < -0.39 is 6.08 Å². The van der Waals surface area contributed by atoms with Crippen LogP contribution >= 0.6 is 11.8 Å². The van der Waals surface area contributed by atoms with Crippen molar-refractivity contribution in [3.8, 4) is 11.4 Å². The summed E-state index contributed by atoms with van der Waals surface area (Å²) in [4.78, 5) is 8.29. The second kappa shape index (κ2) is 6.35. The fourth-order valence-electron chi connectivity index (χ4n) is 1.54. The Morgan fingerprint density at radius 3 is 2.89 bits per heavy atom. The van der Waals surface area contributed by atoms with Gasteiger partial charge in [-0.3, -0.25) is 0 Å². The molecule has 5 heteroatoms. The molecule has 0 amide bonds. The van der Waals surface area contributed by atoms with Gasteiger partial charge < -0.3 is 4.98 Å². The lowest BCUT2D eigenvalue weighted by atomic mass is 10.2. The fourth-order valence-corrected chi connectivity index (χ4v) is 2.49. The molecule has 2 aromatic rings. The van der Waals surface area contributed by atoms with Crippen LogP contribution in [0.1, 0.15) is 6.42 Å². The topological polar surface area (TPSA) is 28.7 Å². The van der Waals surface area contributed by atoms with Crippen molar-refractivity contribution in [2.75, 3.05) is 5.75 Å². The molecule has 1 aromatic carbocycles. The highest BCUT2D eigenvalue weighted by molar-refractivity contribution is 7.99. The maximum atomic E-state index is 11.9. The van der Waals surface area contributed by atoms with Gasteiger partial charge in [-0.1, -0.05) is 18.2 Å². The number of nitrogens with one attached hydrogen (secondary N) is 1. The van der Waals surface area contributed by atoms with Crippen LogP contribution in [-0.2, 0) is 0 Å². The number of imidazole rings is 1. The van der Waals surface area contributed by atoms with Crippen molar-refractivity contribution in [2.24, 2.45) is 0 Å². The molecule has 2 rings (SSSR count). The minimum absolute atomic E-state index is 0.361. The van der Waals surface area contributed by atoms with Crippen molar-refractivity contribution in [1.29, 1.82) is 0 Å². The van der Waals surface area contributed by atoms with E-state index in [9.17, 15) is 8.78 Å². The molecule has 0 spiro atoms. The first-order valence-electron chi connectivity index (χ1n) is 5.50. The quantitative estimate of drug-likeness (QED) is 0.644. The summed E-state index contributed by atoms with van der Waals surface area (Å²) in [5.41, 5.74) is 0.997. The van der Waals surface area contributed by atoms with Crippen LogP contribution in [0.2, 0.25) is 0 Å². The zero-order valence-corrected chi connectivity index (χ0v) is 10.4. The van der Waals surface area contributed by atoms with Gasteiger partial charge in [-0.05, 0) is 18.6 Å². The van der Waals surface area contributed by atoms with Gasteiger partial charge in [-0.25, -0.2) is 4.98 Å². The minimum Gasteiger partial charge on any atom is -0.345 e. The summed E-state index contributed by atoms with van der Waals surface area (Å²) in [5.74, 6) is 1.42. The lowest BCUT2D eigenvalue weighted by Gasteiger charge is -2.05. The Balaban J connectivity index is 2.07. The second-order valence-corrected chi connectivity index (χ2v) is 4.70. The monoisotopic (exact) mass is 266 g/mol. The smallest absolute Gasteiger partial charge is 0.266 e. The van der Waals surface area contributed by atoms with Crippen molar-refractivity contribution in [3.05, 3.63) is 48.8 Å². The summed E-state index contributed by atoms with van der Waals surface area (Å²) in [6.45, 7) is 0. The van der Waals surface area contributed by atoms with E-state index in [1.807, 2.05) is 24.3 Å². The summed E-state index contributed by atoms with van der Waals surface area (Å²) in [6, 6.07) is 7.80. The molecular formula is C13H12F2N2S. The fraction of sp³-hybridized carbons (Fsp3) is 0.154. The molecule has 94 valence electrons. The van der Waals surface area contributed by atoms with E-state index in [0.717, 1.165) is 22.4 Å². The van der Waals surface area contributed by atoms with Crippen molar-refractivity contribution in [1.82, 2.24) is 9.97 Å². The number of aromatic amines is 1. The molecule has 0 fully saturated rings. The minimum atomic E-state index is -1.62. The van der Waals surface area contributed by atoms with Crippen LogP contribution in [0.3, 0.4) is 0 Å². The summed E-state index contributed by atoms with van der Waals surface area (Å²) in [6.07, 6.45) is 3.15. The van der Waals surface area contributed by atoms with Gasteiger partial charge in [0.1, 0.15) is 5.82 Å². The predicted octanol–water partition coefficient (Wildman–Crippen LogP) is 4.34. The first kappa shape index (κ1) is 12.8. The molecule has 1 heterocycles. The Morgan fingerprint density at radius 2 is 2.17 bits per heavy atom. The van der Waals surface area contributed by atoms with Gasteiger partial charge in [0.15, 0.2) is 0 Å². The highest BCUT2D eigenvalue weighted by atomic mass is 32.2. The second-order valence-electron chi connectivity index (χ2n) is 3.56. The Bertz CT molecular complexity index is 520. The van der Waals surface area contributed by atoms with Gasteiger partial charge in [0.2, 0.25) is 0 Å². The number of benzene rings is 1. The van der Waals surface area contributed by atoms with Crippen LogP contribution < -0.4 is 0 Å². The first-order chi connectivity index (χ1) is 8.77. The van der Waals surface area contributed by atoms with Crippen LogP contribution in [0.25, 0.3) is 11.4 Å². The molecule has 0 unspecified atom stereocenters. The number of nitrogens with zero attached hydrogens (tertiary/aromatic N) is 1. The van der Waals surface area contributed by atoms with Gasteiger partial charge in [0, 0.05) is 28.6 Å². The summed E-state index contributed by atoms with van der Waals surface area (Å²) in [5, 5.41) is 0. The van der Waals surface area contributed by atoms with Gasteiger partial charge in [0.25, 0.3) is 6.08 Å². The molecule has 0 aliphatic carbocycles. The van der Waals surface area contributed by atoms with Crippen LogP contribution in [0.5, 0.6) is 0 Å². The average Bonchev–Trinajstić information content (AvgIpc) is 2.88. The largest absolute Gasteiger partial charge is 0.345 e. The lowest BCUT2D eigenvalue weighted by molar-refractivity contribution is 0.418.